The smallest absolute Gasteiger partial charge is 0.357 e. The van der Waals surface area contributed by atoms with Crippen LogP contribution in [0.25, 0.3) is 0 Å². The molecule has 0 atom stereocenters. The van der Waals surface area contributed by atoms with Crippen molar-refractivity contribution in [3.8, 4) is 0 Å². The fraction of sp³-hybridized carbons (Fsp3) is 0.471. The highest BCUT2D eigenvalue weighted by molar-refractivity contribution is 5.79. The molecule has 0 unspecified atom stereocenters. The quantitative estimate of drug-likeness (QED) is 0.626. The van der Waals surface area contributed by atoms with Crippen LogP contribution < -0.4 is 5.32 Å². The van der Waals surface area contributed by atoms with Gasteiger partial charge in [0.25, 0.3) is 0 Å². The lowest BCUT2D eigenvalue weighted by Crippen LogP contribution is -2.38. The van der Waals surface area contributed by atoms with E-state index in [1.807, 2.05) is 18.9 Å². The summed E-state index contributed by atoms with van der Waals surface area (Å²) >= 11 is 0. The Morgan fingerprint density at radius 2 is 1.96 bits per heavy atom. The summed E-state index contributed by atoms with van der Waals surface area (Å²) in [5.41, 5.74) is 0.109. The van der Waals surface area contributed by atoms with E-state index in [9.17, 15) is 13.2 Å². The Bertz CT molecular complexity index is 725. The van der Waals surface area contributed by atoms with E-state index in [1.54, 1.807) is 6.92 Å². The SMILES string of the molecule is CCNC(=NCCc1nc(C)no1)N(C)Cc1ccc(C(F)(F)F)cc1. The number of halogens is 3. The highest BCUT2D eigenvalue weighted by Crippen LogP contribution is 2.29. The lowest BCUT2D eigenvalue weighted by Gasteiger charge is -2.22. The molecule has 2 aromatic rings. The third-order valence-corrected chi connectivity index (χ3v) is 3.55. The second-order valence-corrected chi connectivity index (χ2v) is 5.77. The van der Waals surface area contributed by atoms with E-state index in [2.05, 4.69) is 20.4 Å². The first-order valence-corrected chi connectivity index (χ1v) is 8.24. The van der Waals surface area contributed by atoms with Crippen molar-refractivity contribution < 1.29 is 17.7 Å². The van der Waals surface area contributed by atoms with Gasteiger partial charge in [0.1, 0.15) is 0 Å². The van der Waals surface area contributed by atoms with Crippen molar-refractivity contribution in [2.75, 3.05) is 20.1 Å². The minimum Gasteiger partial charge on any atom is -0.357 e. The van der Waals surface area contributed by atoms with Gasteiger partial charge in [-0.1, -0.05) is 17.3 Å². The summed E-state index contributed by atoms with van der Waals surface area (Å²) in [5.74, 6) is 1.76. The first-order valence-electron chi connectivity index (χ1n) is 8.24. The van der Waals surface area contributed by atoms with Gasteiger partial charge in [-0.25, -0.2) is 0 Å². The molecule has 0 aliphatic rings. The monoisotopic (exact) mass is 369 g/mol. The lowest BCUT2D eigenvalue weighted by molar-refractivity contribution is -0.137. The Hall–Kier alpha value is -2.58. The number of aliphatic imine (C=N–C) groups is 1. The number of hydrogen-bond acceptors (Lipinski definition) is 4. The fourth-order valence-corrected chi connectivity index (χ4v) is 2.32. The van der Waals surface area contributed by atoms with Crippen LogP contribution in [0, 0.1) is 6.92 Å². The van der Waals surface area contributed by atoms with Crippen LogP contribution in [0.5, 0.6) is 0 Å². The molecule has 0 spiro atoms. The van der Waals surface area contributed by atoms with Crippen molar-refractivity contribution in [3.63, 3.8) is 0 Å². The molecule has 0 aliphatic carbocycles. The normalized spacial score (nSPS) is 12.3. The van der Waals surface area contributed by atoms with Gasteiger partial charge in [-0.2, -0.15) is 18.2 Å². The number of guanidine groups is 1. The van der Waals surface area contributed by atoms with E-state index in [-0.39, 0.29) is 0 Å². The largest absolute Gasteiger partial charge is 0.416 e. The summed E-state index contributed by atoms with van der Waals surface area (Å²) in [6.07, 6.45) is -3.81. The number of hydrogen-bond donors (Lipinski definition) is 1. The second-order valence-electron chi connectivity index (χ2n) is 5.77. The number of benzene rings is 1. The molecular weight excluding hydrogens is 347 g/mol. The van der Waals surface area contributed by atoms with Crippen molar-refractivity contribution in [2.24, 2.45) is 4.99 Å². The van der Waals surface area contributed by atoms with Crippen molar-refractivity contribution in [1.29, 1.82) is 0 Å². The first-order chi connectivity index (χ1) is 12.3. The minimum atomic E-state index is -4.33. The van der Waals surface area contributed by atoms with Crippen molar-refractivity contribution in [1.82, 2.24) is 20.4 Å². The van der Waals surface area contributed by atoms with Crippen molar-refractivity contribution in [3.05, 3.63) is 47.1 Å². The summed E-state index contributed by atoms with van der Waals surface area (Å²) < 4.78 is 42.9. The standard InChI is InChI=1S/C17H22F3N5O/c1-4-21-16(22-10-9-15-23-12(2)24-26-15)25(3)11-13-5-7-14(8-6-13)17(18,19)20/h5-8H,4,9-11H2,1-3H3,(H,21,22). The average Bonchev–Trinajstić information content (AvgIpc) is 2.99. The number of aromatic nitrogens is 2. The fourth-order valence-electron chi connectivity index (χ4n) is 2.32. The van der Waals surface area contributed by atoms with Gasteiger partial charge >= 0.3 is 6.18 Å². The lowest BCUT2D eigenvalue weighted by atomic mass is 10.1. The molecular formula is C17H22F3N5O. The Labute approximate surface area is 150 Å². The summed E-state index contributed by atoms with van der Waals surface area (Å²) in [6.45, 7) is 5.27. The topological polar surface area (TPSA) is 66.5 Å². The van der Waals surface area contributed by atoms with Gasteiger partial charge in [-0.3, -0.25) is 4.99 Å². The zero-order valence-corrected chi connectivity index (χ0v) is 15.0. The maximum Gasteiger partial charge on any atom is 0.416 e. The molecule has 26 heavy (non-hydrogen) atoms. The molecule has 142 valence electrons. The highest BCUT2D eigenvalue weighted by Gasteiger charge is 2.29. The molecule has 0 fully saturated rings. The molecule has 2 rings (SSSR count). The van der Waals surface area contributed by atoms with Gasteiger partial charge in [0, 0.05) is 26.6 Å². The van der Waals surface area contributed by atoms with Crippen molar-refractivity contribution >= 4 is 5.96 Å². The Kier molecular flexibility index (Phi) is 6.59. The Morgan fingerprint density at radius 1 is 1.27 bits per heavy atom. The third-order valence-electron chi connectivity index (χ3n) is 3.55. The Morgan fingerprint density at radius 3 is 2.50 bits per heavy atom. The van der Waals surface area contributed by atoms with Crippen LogP contribution in [-0.2, 0) is 19.1 Å². The van der Waals surface area contributed by atoms with Gasteiger partial charge in [-0.15, -0.1) is 0 Å². The molecule has 6 nitrogen and oxygen atoms in total. The van der Waals surface area contributed by atoms with Crippen LogP contribution in [0.1, 0.15) is 29.8 Å². The second kappa shape index (κ2) is 8.68. The molecule has 0 aliphatic heterocycles. The van der Waals surface area contributed by atoms with Crippen LogP contribution in [0.15, 0.2) is 33.8 Å². The van der Waals surface area contributed by atoms with E-state index in [0.29, 0.717) is 43.7 Å². The van der Waals surface area contributed by atoms with E-state index in [4.69, 9.17) is 4.52 Å². The van der Waals surface area contributed by atoms with Crippen LogP contribution in [0.4, 0.5) is 13.2 Å². The average molecular weight is 369 g/mol. The van der Waals surface area contributed by atoms with Crippen LogP contribution in [0.3, 0.4) is 0 Å². The summed E-state index contributed by atoms with van der Waals surface area (Å²) in [5, 5.41) is 6.88. The number of nitrogens with zero attached hydrogens (tertiary/aromatic N) is 4. The van der Waals surface area contributed by atoms with Crippen LogP contribution in [-0.4, -0.2) is 41.1 Å². The molecule has 1 aromatic carbocycles. The molecule has 0 amide bonds. The molecule has 0 saturated carbocycles. The van der Waals surface area contributed by atoms with Gasteiger partial charge in [-0.05, 0) is 31.5 Å². The van der Waals surface area contributed by atoms with E-state index >= 15 is 0 Å². The predicted octanol–water partition coefficient (Wildman–Crippen LogP) is 3.04. The number of nitrogens with one attached hydrogen (secondary N) is 1. The van der Waals surface area contributed by atoms with Crippen LogP contribution in [0.2, 0.25) is 0 Å². The zero-order chi connectivity index (χ0) is 19.2. The maximum atomic E-state index is 12.6. The molecule has 1 heterocycles. The van der Waals surface area contributed by atoms with Crippen molar-refractivity contribution in [2.45, 2.75) is 33.0 Å². The van der Waals surface area contributed by atoms with Crippen LogP contribution >= 0.6 is 0 Å². The summed E-state index contributed by atoms with van der Waals surface area (Å²) in [7, 11) is 1.83. The van der Waals surface area contributed by atoms with Gasteiger partial charge in [0.15, 0.2) is 11.8 Å². The number of aryl methyl sites for hydroxylation is 1. The molecule has 0 radical (unpaired) electrons. The van der Waals surface area contributed by atoms with Gasteiger partial charge in [0.2, 0.25) is 5.89 Å². The van der Waals surface area contributed by atoms with E-state index in [0.717, 1.165) is 17.7 Å². The Balaban J connectivity index is 1.98. The molecule has 9 heteroatoms. The summed E-state index contributed by atoms with van der Waals surface area (Å²) in [6, 6.07) is 5.13. The van der Waals surface area contributed by atoms with E-state index < -0.39 is 11.7 Å². The summed E-state index contributed by atoms with van der Waals surface area (Å²) in [4.78, 5) is 10.5. The number of alkyl halides is 3. The molecule has 1 aromatic heterocycles. The minimum absolute atomic E-state index is 0.434. The predicted molar refractivity (Wildman–Crippen MR) is 91.6 cm³/mol. The van der Waals surface area contributed by atoms with Gasteiger partial charge < -0.3 is 14.7 Å². The zero-order valence-electron chi connectivity index (χ0n) is 15.0. The molecule has 0 saturated heterocycles. The first kappa shape index (κ1) is 19.7. The molecule has 0 bridgehead atoms. The van der Waals surface area contributed by atoms with E-state index in [1.165, 1.54) is 12.1 Å². The number of rotatable bonds is 6. The third kappa shape index (κ3) is 5.75. The maximum absolute atomic E-state index is 12.6. The highest BCUT2D eigenvalue weighted by atomic mass is 19.4. The van der Waals surface area contributed by atoms with Gasteiger partial charge in [0.05, 0.1) is 12.1 Å². The molecule has 1 N–H and O–H groups in total.